The van der Waals surface area contributed by atoms with Crippen LogP contribution in [0.25, 0.3) is 6.20 Å². The molecule has 74 valence electrons. The Kier molecular flexibility index (Phi) is 2.44. The van der Waals surface area contributed by atoms with Crippen LogP contribution in [0.3, 0.4) is 0 Å². The highest BCUT2D eigenvalue weighted by Crippen LogP contribution is 2.19. The standard InChI is InChI=1S/C12H16N2/c1-3-4-7-13-10-12-6-5-8-14(12)9-11(13)2/h4-9H,3,10H2,1-2H3/b7-4-. The van der Waals surface area contributed by atoms with Crippen molar-refractivity contribution in [3.63, 3.8) is 0 Å². The summed E-state index contributed by atoms with van der Waals surface area (Å²) in [5.74, 6) is 0. The Morgan fingerprint density at radius 3 is 3.14 bits per heavy atom. The third-order valence-corrected chi connectivity index (χ3v) is 2.50. The van der Waals surface area contributed by atoms with Crippen molar-refractivity contribution in [2.75, 3.05) is 0 Å². The summed E-state index contributed by atoms with van der Waals surface area (Å²) in [5, 5.41) is 0. The fourth-order valence-electron chi connectivity index (χ4n) is 1.67. The summed E-state index contributed by atoms with van der Waals surface area (Å²) < 4.78 is 2.19. The van der Waals surface area contributed by atoms with Gasteiger partial charge in [-0.2, -0.15) is 0 Å². The highest BCUT2D eigenvalue weighted by Gasteiger charge is 2.11. The Hall–Kier alpha value is -1.44. The molecule has 1 aliphatic rings. The van der Waals surface area contributed by atoms with Gasteiger partial charge in [-0.15, -0.1) is 0 Å². The van der Waals surface area contributed by atoms with E-state index >= 15 is 0 Å². The topological polar surface area (TPSA) is 8.17 Å². The second kappa shape index (κ2) is 3.74. The Bertz CT molecular complexity index is 371. The van der Waals surface area contributed by atoms with Gasteiger partial charge in [0.25, 0.3) is 0 Å². The molecule has 2 rings (SSSR count). The Labute approximate surface area is 85.1 Å². The zero-order valence-electron chi connectivity index (χ0n) is 8.77. The van der Waals surface area contributed by atoms with Gasteiger partial charge >= 0.3 is 0 Å². The van der Waals surface area contributed by atoms with Crippen LogP contribution in [0.4, 0.5) is 0 Å². The second-order valence-electron chi connectivity index (χ2n) is 3.60. The predicted molar refractivity (Wildman–Crippen MR) is 59.4 cm³/mol. The lowest BCUT2D eigenvalue weighted by molar-refractivity contribution is 0.437. The third-order valence-electron chi connectivity index (χ3n) is 2.50. The first-order valence-electron chi connectivity index (χ1n) is 5.08. The van der Waals surface area contributed by atoms with Gasteiger partial charge in [-0.05, 0) is 25.5 Å². The van der Waals surface area contributed by atoms with Crippen molar-refractivity contribution in [1.29, 1.82) is 0 Å². The molecule has 2 heteroatoms. The summed E-state index contributed by atoms with van der Waals surface area (Å²) in [5.41, 5.74) is 2.63. The molecule has 0 bridgehead atoms. The number of rotatable bonds is 2. The summed E-state index contributed by atoms with van der Waals surface area (Å²) >= 11 is 0. The molecule has 14 heavy (non-hydrogen) atoms. The lowest BCUT2D eigenvalue weighted by Crippen LogP contribution is -2.20. The van der Waals surface area contributed by atoms with Gasteiger partial charge in [0.15, 0.2) is 0 Å². The van der Waals surface area contributed by atoms with E-state index in [0.29, 0.717) is 0 Å². The summed E-state index contributed by atoms with van der Waals surface area (Å²) in [6.07, 6.45) is 9.71. The molecular weight excluding hydrogens is 172 g/mol. The van der Waals surface area contributed by atoms with Crippen molar-refractivity contribution in [3.8, 4) is 0 Å². The van der Waals surface area contributed by atoms with Crippen LogP contribution in [-0.4, -0.2) is 9.47 Å². The summed E-state index contributed by atoms with van der Waals surface area (Å²) in [4.78, 5) is 2.28. The first-order valence-corrected chi connectivity index (χ1v) is 5.08. The second-order valence-corrected chi connectivity index (χ2v) is 3.60. The maximum absolute atomic E-state index is 2.28. The molecule has 0 aliphatic carbocycles. The minimum atomic E-state index is 0.978. The smallest absolute Gasteiger partial charge is 0.0629 e. The van der Waals surface area contributed by atoms with Crippen LogP contribution in [0.2, 0.25) is 0 Å². The number of hydrogen-bond donors (Lipinski definition) is 0. The van der Waals surface area contributed by atoms with Gasteiger partial charge in [-0.1, -0.05) is 13.0 Å². The molecule has 0 spiro atoms. The zero-order chi connectivity index (χ0) is 9.97. The lowest BCUT2D eigenvalue weighted by atomic mass is 10.3. The highest BCUT2D eigenvalue weighted by atomic mass is 15.2. The van der Waals surface area contributed by atoms with Crippen molar-refractivity contribution in [1.82, 2.24) is 9.47 Å². The minimum Gasteiger partial charge on any atom is -0.345 e. The van der Waals surface area contributed by atoms with Crippen molar-refractivity contribution in [3.05, 3.63) is 42.0 Å². The fraction of sp³-hybridized carbons (Fsp3) is 0.333. The molecule has 0 saturated carbocycles. The van der Waals surface area contributed by atoms with E-state index in [1.807, 2.05) is 0 Å². The Morgan fingerprint density at radius 1 is 1.50 bits per heavy atom. The monoisotopic (exact) mass is 188 g/mol. The normalized spacial score (nSPS) is 15.9. The van der Waals surface area contributed by atoms with Crippen molar-refractivity contribution >= 4 is 6.20 Å². The van der Waals surface area contributed by atoms with E-state index in [4.69, 9.17) is 0 Å². The van der Waals surface area contributed by atoms with Crippen LogP contribution in [0.15, 0.2) is 36.3 Å². The maximum atomic E-state index is 2.28. The van der Waals surface area contributed by atoms with E-state index in [1.165, 1.54) is 11.4 Å². The van der Waals surface area contributed by atoms with Crippen molar-refractivity contribution in [2.24, 2.45) is 0 Å². The fourth-order valence-corrected chi connectivity index (χ4v) is 1.67. The van der Waals surface area contributed by atoms with Gasteiger partial charge in [0, 0.05) is 30.0 Å². The van der Waals surface area contributed by atoms with Crippen molar-refractivity contribution < 1.29 is 0 Å². The molecule has 2 heterocycles. The third kappa shape index (κ3) is 1.60. The SMILES string of the molecule is CC/C=C\N1Cc2cccn2C=C1C. The molecule has 1 aromatic heterocycles. The van der Waals surface area contributed by atoms with Gasteiger partial charge < -0.3 is 9.47 Å². The van der Waals surface area contributed by atoms with E-state index in [2.05, 4.69) is 60.1 Å². The van der Waals surface area contributed by atoms with Gasteiger partial charge in [-0.25, -0.2) is 0 Å². The summed E-state index contributed by atoms with van der Waals surface area (Å²) in [6.45, 7) is 5.27. The molecule has 0 radical (unpaired) electrons. The van der Waals surface area contributed by atoms with Crippen LogP contribution in [0.1, 0.15) is 26.0 Å². The molecule has 0 fully saturated rings. The van der Waals surface area contributed by atoms with Gasteiger partial charge in [0.1, 0.15) is 0 Å². The van der Waals surface area contributed by atoms with E-state index in [0.717, 1.165) is 13.0 Å². The van der Waals surface area contributed by atoms with Crippen molar-refractivity contribution in [2.45, 2.75) is 26.8 Å². The van der Waals surface area contributed by atoms with Gasteiger partial charge in [-0.3, -0.25) is 0 Å². The minimum absolute atomic E-state index is 0.978. The Morgan fingerprint density at radius 2 is 2.36 bits per heavy atom. The number of allylic oxidation sites excluding steroid dienone is 2. The van der Waals surface area contributed by atoms with E-state index < -0.39 is 0 Å². The largest absolute Gasteiger partial charge is 0.345 e. The molecule has 0 atom stereocenters. The molecular formula is C12H16N2. The summed E-state index contributed by atoms with van der Waals surface area (Å²) in [7, 11) is 0. The average molecular weight is 188 g/mol. The highest BCUT2D eigenvalue weighted by molar-refractivity contribution is 5.37. The van der Waals surface area contributed by atoms with Gasteiger partial charge in [0.05, 0.1) is 6.54 Å². The predicted octanol–water partition coefficient (Wildman–Crippen LogP) is 3.05. The quantitative estimate of drug-likeness (QED) is 0.692. The maximum Gasteiger partial charge on any atom is 0.0629 e. The van der Waals surface area contributed by atoms with Crippen LogP contribution >= 0.6 is 0 Å². The summed E-state index contributed by atoms with van der Waals surface area (Å²) in [6, 6.07) is 4.25. The van der Waals surface area contributed by atoms with E-state index in [9.17, 15) is 0 Å². The number of fused-ring (bicyclic) bond motifs is 1. The zero-order valence-corrected chi connectivity index (χ0v) is 8.77. The molecule has 0 saturated heterocycles. The van der Waals surface area contributed by atoms with Crippen LogP contribution in [0.5, 0.6) is 0 Å². The molecule has 1 aliphatic heterocycles. The van der Waals surface area contributed by atoms with E-state index in [-0.39, 0.29) is 0 Å². The lowest BCUT2D eigenvalue weighted by Gasteiger charge is -2.26. The molecule has 0 N–H and O–H groups in total. The molecule has 2 nitrogen and oxygen atoms in total. The number of nitrogens with zero attached hydrogens (tertiary/aromatic N) is 2. The molecule has 0 aromatic carbocycles. The van der Waals surface area contributed by atoms with Gasteiger partial charge in [0.2, 0.25) is 0 Å². The first-order chi connectivity index (χ1) is 6.81. The van der Waals surface area contributed by atoms with Crippen LogP contribution in [0, 0.1) is 0 Å². The molecule has 1 aromatic rings. The molecule has 0 amide bonds. The number of aromatic nitrogens is 1. The first kappa shape index (κ1) is 9.13. The number of hydrogen-bond acceptors (Lipinski definition) is 1. The van der Waals surface area contributed by atoms with Crippen LogP contribution < -0.4 is 0 Å². The Balaban J connectivity index is 2.23. The van der Waals surface area contributed by atoms with Crippen LogP contribution in [-0.2, 0) is 6.54 Å². The molecule has 0 unspecified atom stereocenters. The van der Waals surface area contributed by atoms with E-state index in [1.54, 1.807) is 0 Å². The average Bonchev–Trinajstić information content (AvgIpc) is 2.61.